The van der Waals surface area contributed by atoms with Crippen LogP contribution in [-0.4, -0.2) is 11.1 Å². The van der Waals surface area contributed by atoms with Gasteiger partial charge in [-0.3, -0.25) is 4.79 Å². The van der Waals surface area contributed by atoms with E-state index in [9.17, 15) is 4.79 Å². The van der Waals surface area contributed by atoms with Crippen molar-refractivity contribution >= 4 is 5.97 Å². The molecule has 0 aliphatic rings. The van der Waals surface area contributed by atoms with Crippen molar-refractivity contribution in [3.05, 3.63) is 12.2 Å². The maximum absolute atomic E-state index is 10.8. The Morgan fingerprint density at radius 1 is 1.20 bits per heavy atom. The summed E-state index contributed by atoms with van der Waals surface area (Å²) in [6, 6.07) is 0. The Labute approximate surface area is 93.4 Å². The maximum atomic E-state index is 10.8. The summed E-state index contributed by atoms with van der Waals surface area (Å²) in [6.07, 6.45) is 7.96. The lowest BCUT2D eigenvalue weighted by Crippen LogP contribution is -2.14. The number of rotatable bonds is 9. The topological polar surface area (TPSA) is 37.3 Å². The predicted molar refractivity (Wildman–Crippen MR) is 63.9 cm³/mol. The summed E-state index contributed by atoms with van der Waals surface area (Å²) in [5.74, 6) is -1.06. The fourth-order valence-electron chi connectivity index (χ4n) is 1.71. The normalized spacial score (nSPS) is 12.4. The van der Waals surface area contributed by atoms with Crippen LogP contribution in [0, 0.1) is 5.92 Å². The second kappa shape index (κ2) is 8.51. The molecule has 1 N–H and O–H groups in total. The first kappa shape index (κ1) is 14.2. The highest BCUT2D eigenvalue weighted by molar-refractivity contribution is 5.73. The summed E-state index contributed by atoms with van der Waals surface area (Å²) in [7, 11) is 0. The van der Waals surface area contributed by atoms with E-state index in [-0.39, 0.29) is 5.92 Å². The summed E-state index contributed by atoms with van der Waals surface area (Å²) in [5, 5.41) is 8.92. The minimum atomic E-state index is -0.726. The highest BCUT2D eigenvalue weighted by atomic mass is 16.4. The van der Waals surface area contributed by atoms with Crippen LogP contribution >= 0.6 is 0 Å². The first-order valence-electron chi connectivity index (χ1n) is 5.97. The number of hydrogen-bond donors (Lipinski definition) is 1. The maximum Gasteiger partial charge on any atom is 0.310 e. The lowest BCUT2D eigenvalue weighted by atomic mass is 9.95. The third-order valence-corrected chi connectivity index (χ3v) is 2.74. The number of carbonyl (C=O) groups is 1. The van der Waals surface area contributed by atoms with Crippen LogP contribution in [0.1, 0.15) is 58.8 Å². The molecule has 15 heavy (non-hydrogen) atoms. The minimum Gasteiger partial charge on any atom is -0.481 e. The standard InChI is InChI=1S/C13H24O2/c1-4-5-6-7-8-9-10-12(11(2)3)13(14)15/h12H,2,4-10H2,1,3H3,(H,14,15)/t12-/m1/s1. The summed E-state index contributed by atoms with van der Waals surface area (Å²) in [4.78, 5) is 10.8. The average Bonchev–Trinajstić information content (AvgIpc) is 2.15. The summed E-state index contributed by atoms with van der Waals surface area (Å²) in [5.41, 5.74) is 0.774. The Bertz CT molecular complexity index is 183. The van der Waals surface area contributed by atoms with E-state index in [1.807, 2.05) is 0 Å². The van der Waals surface area contributed by atoms with E-state index in [2.05, 4.69) is 13.5 Å². The van der Waals surface area contributed by atoms with Gasteiger partial charge < -0.3 is 5.11 Å². The molecule has 0 heterocycles. The second-order valence-electron chi connectivity index (χ2n) is 4.29. The second-order valence-corrected chi connectivity index (χ2v) is 4.29. The molecule has 0 saturated heterocycles. The smallest absolute Gasteiger partial charge is 0.310 e. The van der Waals surface area contributed by atoms with Crippen LogP contribution in [0.25, 0.3) is 0 Å². The number of unbranched alkanes of at least 4 members (excludes halogenated alkanes) is 5. The molecule has 2 heteroatoms. The van der Waals surface area contributed by atoms with Gasteiger partial charge in [0.05, 0.1) is 5.92 Å². The van der Waals surface area contributed by atoms with Crippen molar-refractivity contribution < 1.29 is 9.90 Å². The van der Waals surface area contributed by atoms with Crippen molar-refractivity contribution in [1.82, 2.24) is 0 Å². The molecule has 1 atom stereocenters. The monoisotopic (exact) mass is 212 g/mol. The zero-order valence-corrected chi connectivity index (χ0v) is 10.1. The van der Waals surface area contributed by atoms with Gasteiger partial charge in [0.25, 0.3) is 0 Å². The van der Waals surface area contributed by atoms with Gasteiger partial charge in [-0.1, -0.05) is 57.6 Å². The van der Waals surface area contributed by atoms with Crippen LogP contribution in [0.5, 0.6) is 0 Å². The Morgan fingerprint density at radius 2 is 1.73 bits per heavy atom. The van der Waals surface area contributed by atoms with Gasteiger partial charge in [-0.05, 0) is 13.3 Å². The number of carboxylic acid groups (broad SMARTS) is 1. The third kappa shape index (κ3) is 7.18. The molecule has 0 amide bonds. The molecule has 0 aromatic rings. The number of hydrogen-bond acceptors (Lipinski definition) is 1. The van der Waals surface area contributed by atoms with Crippen LogP contribution < -0.4 is 0 Å². The van der Waals surface area contributed by atoms with Crippen molar-refractivity contribution in [3.8, 4) is 0 Å². The zero-order valence-electron chi connectivity index (χ0n) is 10.1. The molecule has 0 rings (SSSR count). The van der Waals surface area contributed by atoms with Crippen LogP contribution in [-0.2, 0) is 4.79 Å². The van der Waals surface area contributed by atoms with Gasteiger partial charge in [0.2, 0.25) is 0 Å². The molecule has 0 radical (unpaired) electrons. The first-order valence-corrected chi connectivity index (χ1v) is 5.97. The summed E-state index contributed by atoms with van der Waals surface area (Å²) in [6.45, 7) is 7.72. The fraction of sp³-hybridized carbons (Fsp3) is 0.769. The third-order valence-electron chi connectivity index (χ3n) is 2.74. The molecule has 88 valence electrons. The van der Waals surface area contributed by atoms with Gasteiger partial charge in [-0.25, -0.2) is 0 Å². The summed E-state index contributed by atoms with van der Waals surface area (Å²) < 4.78 is 0. The Morgan fingerprint density at radius 3 is 2.20 bits per heavy atom. The molecule has 0 bridgehead atoms. The van der Waals surface area contributed by atoms with E-state index in [1.165, 1.54) is 25.7 Å². The van der Waals surface area contributed by atoms with Crippen LogP contribution in [0.3, 0.4) is 0 Å². The van der Waals surface area contributed by atoms with Gasteiger partial charge in [0.15, 0.2) is 0 Å². The molecule has 0 saturated carbocycles. The number of aliphatic carboxylic acids is 1. The molecular weight excluding hydrogens is 188 g/mol. The fourth-order valence-corrected chi connectivity index (χ4v) is 1.71. The molecule has 0 fully saturated rings. The lowest BCUT2D eigenvalue weighted by molar-refractivity contribution is -0.140. The SMILES string of the molecule is C=C(C)[C@@H](CCCCCCCC)C(=O)O. The van der Waals surface area contributed by atoms with Crippen molar-refractivity contribution in [3.63, 3.8) is 0 Å². The first-order chi connectivity index (χ1) is 7.09. The quantitative estimate of drug-likeness (QED) is 0.463. The van der Waals surface area contributed by atoms with E-state index in [0.29, 0.717) is 0 Å². The summed E-state index contributed by atoms with van der Waals surface area (Å²) >= 11 is 0. The van der Waals surface area contributed by atoms with Gasteiger partial charge >= 0.3 is 5.97 Å². The predicted octanol–water partition coefficient (Wildman–Crippen LogP) is 4.01. The molecule has 2 nitrogen and oxygen atoms in total. The molecule has 0 spiro atoms. The van der Waals surface area contributed by atoms with E-state index in [4.69, 9.17) is 5.11 Å². The van der Waals surface area contributed by atoms with Gasteiger partial charge in [0.1, 0.15) is 0 Å². The lowest BCUT2D eigenvalue weighted by Gasteiger charge is -2.11. The Kier molecular flexibility index (Phi) is 8.06. The van der Waals surface area contributed by atoms with Crippen LogP contribution in [0.4, 0.5) is 0 Å². The van der Waals surface area contributed by atoms with Crippen molar-refractivity contribution in [2.75, 3.05) is 0 Å². The van der Waals surface area contributed by atoms with Crippen molar-refractivity contribution in [1.29, 1.82) is 0 Å². The Balaban J connectivity index is 3.55. The molecule has 0 unspecified atom stereocenters. The van der Waals surface area contributed by atoms with Crippen molar-refractivity contribution in [2.45, 2.75) is 58.8 Å². The van der Waals surface area contributed by atoms with Gasteiger partial charge in [-0.15, -0.1) is 0 Å². The zero-order chi connectivity index (χ0) is 11.7. The van der Waals surface area contributed by atoms with E-state index in [1.54, 1.807) is 6.92 Å². The number of carboxylic acids is 1. The molecule has 0 aliphatic heterocycles. The average molecular weight is 212 g/mol. The largest absolute Gasteiger partial charge is 0.481 e. The van der Waals surface area contributed by atoms with E-state index in [0.717, 1.165) is 24.8 Å². The molecule has 0 aromatic heterocycles. The van der Waals surface area contributed by atoms with Gasteiger partial charge in [-0.2, -0.15) is 0 Å². The highest BCUT2D eigenvalue weighted by Gasteiger charge is 2.16. The van der Waals surface area contributed by atoms with Gasteiger partial charge in [0, 0.05) is 0 Å². The molecule has 0 aromatic carbocycles. The van der Waals surface area contributed by atoms with Crippen LogP contribution in [0.2, 0.25) is 0 Å². The minimum absolute atomic E-state index is 0.337. The molecule has 0 aliphatic carbocycles. The van der Waals surface area contributed by atoms with E-state index < -0.39 is 5.97 Å². The van der Waals surface area contributed by atoms with E-state index >= 15 is 0 Å². The van der Waals surface area contributed by atoms with Crippen LogP contribution in [0.15, 0.2) is 12.2 Å². The Hall–Kier alpha value is -0.790. The van der Waals surface area contributed by atoms with Crippen molar-refractivity contribution in [2.24, 2.45) is 5.92 Å². The highest BCUT2D eigenvalue weighted by Crippen LogP contribution is 2.18. The molecular formula is C13H24O2.